The number of para-hydroxylation sites is 3. The largest absolute Gasteiger partial charge is 0.495 e. The van der Waals surface area contributed by atoms with Crippen molar-refractivity contribution in [1.29, 1.82) is 0 Å². The molecule has 27 heavy (non-hydrogen) atoms. The molecular weight excluding hydrogens is 360 g/mol. The van der Waals surface area contributed by atoms with Gasteiger partial charge in [0.1, 0.15) is 5.75 Å². The normalized spacial score (nSPS) is 11.0. The smallest absolute Gasteiger partial charge is 0.261 e. The summed E-state index contributed by atoms with van der Waals surface area (Å²) in [4.78, 5) is 0.237. The van der Waals surface area contributed by atoms with Crippen LogP contribution in [0.25, 0.3) is 0 Å². The van der Waals surface area contributed by atoms with Crippen LogP contribution in [0.3, 0.4) is 0 Å². The van der Waals surface area contributed by atoms with Gasteiger partial charge in [0, 0.05) is 6.54 Å². The van der Waals surface area contributed by atoms with Gasteiger partial charge in [-0.05, 0) is 42.8 Å². The van der Waals surface area contributed by atoms with E-state index in [4.69, 9.17) is 4.74 Å². The third kappa shape index (κ3) is 4.60. The molecule has 2 N–H and O–H groups in total. The lowest BCUT2D eigenvalue weighted by Gasteiger charge is -2.15. The molecule has 0 aliphatic rings. The first-order valence-corrected chi connectivity index (χ1v) is 10.0. The minimum absolute atomic E-state index is 0.237. The maximum Gasteiger partial charge on any atom is 0.261 e. The topological polar surface area (TPSA) is 67.4 Å². The summed E-state index contributed by atoms with van der Waals surface area (Å²) in [6.07, 6.45) is 0. The number of methoxy groups -OCH3 is 1. The van der Waals surface area contributed by atoms with Gasteiger partial charge in [-0.2, -0.15) is 0 Å². The van der Waals surface area contributed by atoms with E-state index >= 15 is 0 Å². The molecule has 3 aromatic carbocycles. The number of anilines is 2. The van der Waals surface area contributed by atoms with Crippen LogP contribution in [-0.4, -0.2) is 15.5 Å². The Morgan fingerprint density at radius 1 is 0.852 bits per heavy atom. The van der Waals surface area contributed by atoms with Crippen LogP contribution >= 0.6 is 0 Å². The van der Waals surface area contributed by atoms with Crippen molar-refractivity contribution in [2.45, 2.75) is 18.4 Å². The van der Waals surface area contributed by atoms with Gasteiger partial charge < -0.3 is 10.1 Å². The van der Waals surface area contributed by atoms with Crippen LogP contribution in [0.15, 0.2) is 77.7 Å². The zero-order valence-corrected chi connectivity index (χ0v) is 16.1. The monoisotopic (exact) mass is 382 g/mol. The Bertz CT molecular complexity index is 1020. The van der Waals surface area contributed by atoms with Crippen molar-refractivity contribution in [2.75, 3.05) is 17.1 Å². The molecule has 3 aromatic rings. The van der Waals surface area contributed by atoms with E-state index < -0.39 is 10.0 Å². The fourth-order valence-corrected chi connectivity index (χ4v) is 3.78. The van der Waals surface area contributed by atoms with Crippen LogP contribution in [0.1, 0.15) is 11.1 Å². The molecule has 140 valence electrons. The van der Waals surface area contributed by atoms with Gasteiger partial charge in [-0.3, -0.25) is 4.72 Å². The summed E-state index contributed by atoms with van der Waals surface area (Å²) in [7, 11) is -2.04. The zero-order valence-electron chi connectivity index (χ0n) is 15.3. The molecule has 0 aromatic heterocycles. The summed E-state index contributed by atoms with van der Waals surface area (Å²) in [5.74, 6) is 0.732. The Hall–Kier alpha value is -2.99. The average molecular weight is 382 g/mol. The summed E-state index contributed by atoms with van der Waals surface area (Å²) in [5, 5.41) is 3.29. The molecule has 0 atom stereocenters. The first-order chi connectivity index (χ1) is 13.0. The van der Waals surface area contributed by atoms with E-state index in [-0.39, 0.29) is 4.90 Å². The maximum absolute atomic E-state index is 12.7. The number of rotatable bonds is 7. The summed E-state index contributed by atoms with van der Waals surface area (Å²) < 4.78 is 33.4. The van der Waals surface area contributed by atoms with E-state index in [1.807, 2.05) is 43.3 Å². The van der Waals surface area contributed by atoms with Crippen LogP contribution in [0.2, 0.25) is 0 Å². The molecular formula is C21H22N2O3S. The van der Waals surface area contributed by atoms with Crippen molar-refractivity contribution < 1.29 is 13.2 Å². The van der Waals surface area contributed by atoms with E-state index in [0.29, 0.717) is 12.2 Å². The number of sulfonamides is 1. The molecule has 0 radical (unpaired) electrons. The van der Waals surface area contributed by atoms with Gasteiger partial charge in [0.05, 0.1) is 23.4 Å². The van der Waals surface area contributed by atoms with E-state index in [1.54, 1.807) is 43.5 Å². The van der Waals surface area contributed by atoms with Crippen molar-refractivity contribution in [3.63, 3.8) is 0 Å². The number of nitrogens with one attached hydrogen (secondary N) is 2. The van der Waals surface area contributed by atoms with Gasteiger partial charge in [0.2, 0.25) is 0 Å². The van der Waals surface area contributed by atoms with Gasteiger partial charge in [0.25, 0.3) is 10.0 Å². The molecule has 0 heterocycles. The standard InChI is InChI=1S/C21H22N2O3S/c1-16-11-13-18(14-12-16)27(24,25)23-19-8-4-3-7-17(19)15-22-20-9-5-6-10-21(20)26-2/h3-14,22-23H,15H2,1-2H3. The Morgan fingerprint density at radius 2 is 1.48 bits per heavy atom. The molecule has 0 bridgehead atoms. The summed E-state index contributed by atoms with van der Waals surface area (Å²) in [6, 6.07) is 21.7. The maximum atomic E-state index is 12.7. The van der Waals surface area contributed by atoms with E-state index in [9.17, 15) is 8.42 Å². The van der Waals surface area contributed by atoms with E-state index in [1.165, 1.54) is 0 Å². The average Bonchev–Trinajstić information content (AvgIpc) is 2.67. The Morgan fingerprint density at radius 3 is 2.19 bits per heavy atom. The molecule has 0 spiro atoms. The number of hydrogen-bond donors (Lipinski definition) is 2. The minimum atomic E-state index is -3.65. The first-order valence-electron chi connectivity index (χ1n) is 8.54. The van der Waals surface area contributed by atoms with Crippen molar-refractivity contribution in [3.8, 4) is 5.75 Å². The number of aryl methyl sites for hydroxylation is 1. The lowest BCUT2D eigenvalue weighted by atomic mass is 10.2. The molecule has 6 heteroatoms. The summed E-state index contributed by atoms with van der Waals surface area (Å²) in [5.41, 5.74) is 3.23. The highest BCUT2D eigenvalue weighted by Crippen LogP contribution is 2.26. The summed E-state index contributed by atoms with van der Waals surface area (Å²) in [6.45, 7) is 2.37. The quantitative estimate of drug-likeness (QED) is 0.635. The minimum Gasteiger partial charge on any atom is -0.495 e. The second kappa shape index (κ2) is 8.14. The predicted molar refractivity (Wildman–Crippen MR) is 109 cm³/mol. The van der Waals surface area contributed by atoms with E-state index in [2.05, 4.69) is 10.0 Å². The number of benzene rings is 3. The molecule has 0 unspecified atom stereocenters. The molecule has 5 nitrogen and oxygen atoms in total. The van der Waals surface area contributed by atoms with Crippen LogP contribution < -0.4 is 14.8 Å². The SMILES string of the molecule is COc1ccccc1NCc1ccccc1NS(=O)(=O)c1ccc(C)cc1. The Kier molecular flexibility index (Phi) is 5.66. The number of hydrogen-bond acceptors (Lipinski definition) is 4. The molecule has 0 aliphatic carbocycles. The molecule has 0 saturated carbocycles. The van der Waals surface area contributed by atoms with Crippen LogP contribution in [0.5, 0.6) is 5.75 Å². The summed E-state index contributed by atoms with van der Waals surface area (Å²) >= 11 is 0. The highest BCUT2D eigenvalue weighted by atomic mass is 32.2. The molecule has 0 saturated heterocycles. The Labute approximate surface area is 160 Å². The van der Waals surface area contributed by atoms with Crippen molar-refractivity contribution in [1.82, 2.24) is 0 Å². The van der Waals surface area contributed by atoms with Crippen LogP contribution in [0.4, 0.5) is 11.4 Å². The third-order valence-electron chi connectivity index (χ3n) is 4.17. The van der Waals surface area contributed by atoms with Crippen molar-refractivity contribution >= 4 is 21.4 Å². The van der Waals surface area contributed by atoms with Gasteiger partial charge >= 0.3 is 0 Å². The van der Waals surface area contributed by atoms with Crippen LogP contribution in [-0.2, 0) is 16.6 Å². The lowest BCUT2D eigenvalue weighted by Crippen LogP contribution is -2.15. The van der Waals surface area contributed by atoms with Crippen LogP contribution in [0, 0.1) is 6.92 Å². The Balaban J connectivity index is 1.80. The highest BCUT2D eigenvalue weighted by Gasteiger charge is 2.15. The first kappa shape index (κ1) is 18.8. The second-order valence-corrected chi connectivity index (χ2v) is 7.81. The number of ether oxygens (including phenoxy) is 1. The van der Waals surface area contributed by atoms with Gasteiger partial charge in [-0.1, -0.05) is 48.0 Å². The molecule has 0 amide bonds. The highest BCUT2D eigenvalue weighted by molar-refractivity contribution is 7.92. The predicted octanol–water partition coefficient (Wildman–Crippen LogP) is 4.42. The third-order valence-corrected chi connectivity index (χ3v) is 5.55. The fraction of sp³-hybridized carbons (Fsp3) is 0.143. The van der Waals surface area contributed by atoms with Crippen molar-refractivity contribution in [3.05, 3.63) is 83.9 Å². The molecule has 0 fully saturated rings. The lowest BCUT2D eigenvalue weighted by molar-refractivity contribution is 0.416. The van der Waals surface area contributed by atoms with E-state index in [0.717, 1.165) is 22.6 Å². The molecule has 0 aliphatic heterocycles. The molecule has 3 rings (SSSR count). The van der Waals surface area contributed by atoms with Gasteiger partial charge in [-0.15, -0.1) is 0 Å². The van der Waals surface area contributed by atoms with Crippen molar-refractivity contribution in [2.24, 2.45) is 0 Å². The second-order valence-electron chi connectivity index (χ2n) is 6.13. The zero-order chi connectivity index (χ0) is 19.3. The fourth-order valence-electron chi connectivity index (χ4n) is 2.68. The van der Waals surface area contributed by atoms with Gasteiger partial charge in [-0.25, -0.2) is 8.42 Å². The van der Waals surface area contributed by atoms with Gasteiger partial charge in [0.15, 0.2) is 0 Å².